The lowest BCUT2D eigenvalue weighted by Crippen LogP contribution is -2.03. The first-order chi connectivity index (χ1) is 11.4. The molecule has 2 heterocycles. The summed E-state index contributed by atoms with van der Waals surface area (Å²) in [6.45, 7) is 3.81. The number of nitrogen functional groups attached to an aromatic ring is 1. The Morgan fingerprint density at radius 1 is 1.21 bits per heavy atom. The molecule has 0 aliphatic carbocycles. The van der Waals surface area contributed by atoms with Crippen LogP contribution in [0.25, 0.3) is 22.4 Å². The summed E-state index contributed by atoms with van der Waals surface area (Å²) < 4.78 is 1.71. The number of hydrogen-bond donors (Lipinski definition) is 2. The van der Waals surface area contributed by atoms with Gasteiger partial charge < -0.3 is 10.8 Å². The van der Waals surface area contributed by atoms with Crippen molar-refractivity contribution in [2.45, 2.75) is 13.8 Å². The minimum atomic E-state index is 0.182. The number of benzene rings is 1. The Morgan fingerprint density at radius 2 is 1.88 bits per heavy atom. The van der Waals surface area contributed by atoms with Crippen LogP contribution in [0.3, 0.4) is 0 Å². The van der Waals surface area contributed by atoms with E-state index < -0.39 is 0 Å². The van der Waals surface area contributed by atoms with E-state index in [9.17, 15) is 10.4 Å². The highest BCUT2D eigenvalue weighted by atomic mass is 16.3. The zero-order valence-corrected chi connectivity index (χ0v) is 13.7. The molecular weight excluding hydrogens is 302 g/mol. The van der Waals surface area contributed by atoms with Gasteiger partial charge in [0.2, 0.25) is 0 Å². The molecule has 0 spiro atoms. The first-order valence-corrected chi connectivity index (χ1v) is 7.42. The van der Waals surface area contributed by atoms with Gasteiger partial charge in [0, 0.05) is 29.9 Å². The molecule has 0 fully saturated rings. The molecule has 3 aromatic rings. The topological polar surface area (TPSA) is 101 Å². The molecule has 0 saturated carbocycles. The summed E-state index contributed by atoms with van der Waals surface area (Å²) in [4.78, 5) is 4.41. The number of aryl methyl sites for hydroxylation is 2. The second kappa shape index (κ2) is 5.70. The normalized spacial score (nSPS) is 10.6. The molecule has 3 N–H and O–H groups in total. The molecule has 120 valence electrons. The second-order valence-electron chi connectivity index (χ2n) is 5.68. The molecule has 0 unspecified atom stereocenters. The average molecular weight is 319 g/mol. The summed E-state index contributed by atoms with van der Waals surface area (Å²) in [6, 6.07) is 8.90. The highest BCUT2D eigenvalue weighted by Crippen LogP contribution is 2.37. The Kier molecular flexibility index (Phi) is 3.70. The molecule has 6 nitrogen and oxygen atoms in total. The van der Waals surface area contributed by atoms with E-state index in [1.807, 2.05) is 27.1 Å². The van der Waals surface area contributed by atoms with Crippen molar-refractivity contribution >= 4 is 5.82 Å². The molecule has 0 amide bonds. The Morgan fingerprint density at radius 3 is 2.42 bits per heavy atom. The van der Waals surface area contributed by atoms with E-state index in [2.05, 4.69) is 16.2 Å². The van der Waals surface area contributed by atoms with E-state index >= 15 is 0 Å². The second-order valence-corrected chi connectivity index (χ2v) is 5.68. The Hall–Kier alpha value is -3.33. The van der Waals surface area contributed by atoms with Gasteiger partial charge in [-0.1, -0.05) is 0 Å². The SMILES string of the molecule is Cc1nn(C)cc1-c1c(C)c(-c2ccc(O)cc2)nc(N)c1C#N. The van der Waals surface area contributed by atoms with Crippen LogP contribution < -0.4 is 5.73 Å². The van der Waals surface area contributed by atoms with Crippen molar-refractivity contribution in [2.75, 3.05) is 5.73 Å². The highest BCUT2D eigenvalue weighted by Gasteiger charge is 2.20. The van der Waals surface area contributed by atoms with Crippen LogP contribution in [-0.4, -0.2) is 19.9 Å². The molecule has 0 radical (unpaired) electrons. The van der Waals surface area contributed by atoms with Crippen molar-refractivity contribution in [1.29, 1.82) is 5.26 Å². The van der Waals surface area contributed by atoms with Crippen molar-refractivity contribution < 1.29 is 5.11 Å². The zero-order valence-electron chi connectivity index (χ0n) is 13.7. The summed E-state index contributed by atoms with van der Waals surface area (Å²) in [5.41, 5.74) is 11.2. The van der Waals surface area contributed by atoms with Gasteiger partial charge >= 0.3 is 0 Å². The van der Waals surface area contributed by atoms with Gasteiger partial charge in [-0.2, -0.15) is 10.4 Å². The summed E-state index contributed by atoms with van der Waals surface area (Å²) >= 11 is 0. The summed E-state index contributed by atoms with van der Waals surface area (Å²) in [5, 5.41) is 23.4. The molecule has 0 aliphatic rings. The quantitative estimate of drug-likeness (QED) is 0.756. The van der Waals surface area contributed by atoms with Crippen molar-refractivity contribution in [3.63, 3.8) is 0 Å². The third kappa shape index (κ3) is 2.46. The molecule has 0 bridgehead atoms. The van der Waals surface area contributed by atoms with E-state index in [0.29, 0.717) is 11.3 Å². The Labute approximate surface area is 139 Å². The van der Waals surface area contributed by atoms with Crippen LogP contribution in [0, 0.1) is 25.2 Å². The fourth-order valence-corrected chi connectivity index (χ4v) is 2.89. The van der Waals surface area contributed by atoms with Crippen LogP contribution in [0.1, 0.15) is 16.8 Å². The maximum absolute atomic E-state index is 9.55. The first kappa shape index (κ1) is 15.6. The van der Waals surface area contributed by atoms with Crippen molar-refractivity contribution in [3.05, 3.63) is 47.3 Å². The molecule has 6 heteroatoms. The largest absolute Gasteiger partial charge is 0.508 e. The molecule has 24 heavy (non-hydrogen) atoms. The molecule has 1 aromatic carbocycles. The number of hydrogen-bond acceptors (Lipinski definition) is 5. The predicted molar refractivity (Wildman–Crippen MR) is 92.1 cm³/mol. The third-order valence-electron chi connectivity index (χ3n) is 4.00. The Balaban J connectivity index is 2.34. The van der Waals surface area contributed by atoms with E-state index in [4.69, 9.17) is 5.73 Å². The smallest absolute Gasteiger partial charge is 0.142 e. The van der Waals surface area contributed by atoms with Crippen LogP contribution in [0.4, 0.5) is 5.82 Å². The molecular formula is C18H17N5O. The fourth-order valence-electron chi connectivity index (χ4n) is 2.89. The number of nitrogens with zero attached hydrogens (tertiary/aromatic N) is 4. The summed E-state index contributed by atoms with van der Waals surface area (Å²) in [5.74, 6) is 0.366. The summed E-state index contributed by atoms with van der Waals surface area (Å²) in [6.07, 6.45) is 1.87. The number of nitrogens with two attached hydrogens (primary N) is 1. The van der Waals surface area contributed by atoms with Crippen LogP contribution in [0.2, 0.25) is 0 Å². The molecule has 3 rings (SSSR count). The third-order valence-corrected chi connectivity index (χ3v) is 4.00. The van der Waals surface area contributed by atoms with E-state index in [-0.39, 0.29) is 11.6 Å². The number of anilines is 1. The lowest BCUT2D eigenvalue weighted by molar-refractivity contribution is 0.475. The van der Waals surface area contributed by atoms with Crippen molar-refractivity contribution in [3.8, 4) is 34.2 Å². The molecule has 0 saturated heterocycles. The number of phenols is 1. The highest BCUT2D eigenvalue weighted by molar-refractivity contribution is 5.84. The minimum absolute atomic E-state index is 0.182. The lowest BCUT2D eigenvalue weighted by atomic mass is 9.93. The van der Waals surface area contributed by atoms with E-state index in [0.717, 1.165) is 27.9 Å². The molecule has 0 aliphatic heterocycles. The van der Waals surface area contributed by atoms with Crippen LogP contribution in [-0.2, 0) is 7.05 Å². The minimum Gasteiger partial charge on any atom is -0.508 e. The maximum atomic E-state index is 9.55. The maximum Gasteiger partial charge on any atom is 0.142 e. The van der Waals surface area contributed by atoms with Gasteiger partial charge in [-0.25, -0.2) is 4.98 Å². The monoisotopic (exact) mass is 319 g/mol. The van der Waals surface area contributed by atoms with Gasteiger partial charge in [-0.15, -0.1) is 0 Å². The van der Waals surface area contributed by atoms with E-state index in [1.54, 1.807) is 28.9 Å². The predicted octanol–water partition coefficient (Wildman–Crippen LogP) is 2.93. The molecule has 2 aromatic heterocycles. The van der Waals surface area contributed by atoms with Gasteiger partial charge in [-0.3, -0.25) is 4.68 Å². The number of pyridine rings is 1. The number of rotatable bonds is 2. The standard InChI is InChI=1S/C18H17N5O/c1-10-16(15-9-23(3)22-11(15)2)14(8-19)18(20)21-17(10)12-4-6-13(24)7-5-12/h4-7,9,24H,1-3H3,(H2,20,21). The Bertz CT molecular complexity index is 965. The van der Waals surface area contributed by atoms with Gasteiger partial charge in [0.05, 0.1) is 11.4 Å². The van der Waals surface area contributed by atoms with Gasteiger partial charge in [0.1, 0.15) is 23.2 Å². The van der Waals surface area contributed by atoms with Crippen LogP contribution in [0.5, 0.6) is 5.75 Å². The van der Waals surface area contributed by atoms with Gasteiger partial charge in [0.25, 0.3) is 0 Å². The number of aromatic nitrogens is 3. The summed E-state index contributed by atoms with van der Waals surface area (Å²) in [7, 11) is 1.84. The van der Waals surface area contributed by atoms with Crippen LogP contribution >= 0.6 is 0 Å². The zero-order chi connectivity index (χ0) is 17.4. The number of aromatic hydroxyl groups is 1. The van der Waals surface area contributed by atoms with Crippen LogP contribution in [0.15, 0.2) is 30.5 Å². The lowest BCUT2D eigenvalue weighted by Gasteiger charge is -2.14. The molecule has 0 atom stereocenters. The van der Waals surface area contributed by atoms with E-state index in [1.165, 1.54) is 0 Å². The fraction of sp³-hybridized carbons (Fsp3) is 0.167. The average Bonchev–Trinajstić information content (AvgIpc) is 2.88. The van der Waals surface area contributed by atoms with Gasteiger partial charge in [0.15, 0.2) is 0 Å². The van der Waals surface area contributed by atoms with Crippen molar-refractivity contribution in [1.82, 2.24) is 14.8 Å². The first-order valence-electron chi connectivity index (χ1n) is 7.42. The van der Waals surface area contributed by atoms with Crippen molar-refractivity contribution in [2.24, 2.45) is 7.05 Å². The number of nitriles is 1. The van der Waals surface area contributed by atoms with Gasteiger partial charge in [-0.05, 0) is 43.7 Å². The number of phenolic OH excluding ortho intramolecular Hbond substituents is 1.